The summed E-state index contributed by atoms with van der Waals surface area (Å²) in [5, 5.41) is 1.92. The van der Waals surface area contributed by atoms with Gasteiger partial charge in [-0.3, -0.25) is 0 Å². The van der Waals surface area contributed by atoms with Crippen LogP contribution >= 0.6 is 0 Å². The Labute approximate surface area is 69.2 Å². The Morgan fingerprint density at radius 2 is 2.27 bits per heavy atom. The third-order valence-corrected chi connectivity index (χ3v) is 1.88. The van der Waals surface area contributed by atoms with Crippen molar-refractivity contribution in [1.82, 2.24) is 10.4 Å². The molecule has 0 spiro atoms. The van der Waals surface area contributed by atoms with Crippen LogP contribution in [0.25, 0.3) is 0 Å². The van der Waals surface area contributed by atoms with E-state index in [1.165, 1.54) is 5.57 Å². The number of hydrogen-bond acceptors (Lipinski definition) is 3. The zero-order valence-electron chi connectivity index (χ0n) is 7.89. The zero-order valence-corrected chi connectivity index (χ0v) is 7.89. The van der Waals surface area contributed by atoms with Crippen LogP contribution in [0.5, 0.6) is 0 Å². The van der Waals surface area contributed by atoms with E-state index >= 15 is 0 Å². The van der Waals surface area contributed by atoms with E-state index in [4.69, 9.17) is 5.73 Å². The summed E-state index contributed by atoms with van der Waals surface area (Å²) in [6.45, 7) is 4.92. The van der Waals surface area contributed by atoms with E-state index in [0.717, 1.165) is 0 Å². The summed E-state index contributed by atoms with van der Waals surface area (Å²) in [5.74, 6) is 0.464. The number of hydrazine groups is 1. The standard InChI is InChI=1S/C8H19N3/c1-7(5-9)8(2)6-11(4)10-3/h6-7,10H,5,9H2,1-4H3/b8-6+/t7-/m1/s1. The maximum Gasteiger partial charge on any atom is 0.0225 e. The summed E-state index contributed by atoms with van der Waals surface area (Å²) >= 11 is 0. The van der Waals surface area contributed by atoms with Crippen molar-refractivity contribution in [2.24, 2.45) is 11.7 Å². The maximum atomic E-state index is 5.51. The molecule has 66 valence electrons. The average Bonchev–Trinajstić information content (AvgIpc) is 2.02. The summed E-state index contributed by atoms with van der Waals surface area (Å²) in [6.07, 6.45) is 2.05. The minimum atomic E-state index is 0.464. The molecule has 0 aromatic heterocycles. The van der Waals surface area contributed by atoms with Gasteiger partial charge < -0.3 is 10.7 Å². The van der Waals surface area contributed by atoms with Crippen LogP contribution in [0.4, 0.5) is 0 Å². The lowest BCUT2D eigenvalue weighted by Gasteiger charge is -2.16. The molecule has 3 nitrogen and oxygen atoms in total. The summed E-state index contributed by atoms with van der Waals surface area (Å²) in [5.41, 5.74) is 9.80. The Kier molecular flexibility index (Phi) is 4.90. The van der Waals surface area contributed by atoms with Crippen LogP contribution in [-0.4, -0.2) is 25.6 Å². The fourth-order valence-electron chi connectivity index (χ4n) is 0.683. The molecule has 0 amide bonds. The van der Waals surface area contributed by atoms with Gasteiger partial charge in [-0.05, 0) is 19.4 Å². The first-order valence-electron chi connectivity index (χ1n) is 3.90. The number of nitrogens with two attached hydrogens (primary N) is 1. The van der Waals surface area contributed by atoms with Crippen molar-refractivity contribution in [3.8, 4) is 0 Å². The lowest BCUT2D eigenvalue weighted by molar-refractivity contribution is 0.359. The molecule has 0 saturated heterocycles. The second kappa shape index (κ2) is 5.16. The van der Waals surface area contributed by atoms with Crippen molar-refractivity contribution >= 4 is 0 Å². The molecule has 0 fully saturated rings. The Morgan fingerprint density at radius 3 is 2.64 bits per heavy atom. The molecule has 3 heteroatoms. The Morgan fingerprint density at radius 1 is 1.73 bits per heavy atom. The molecule has 1 atom stereocenters. The third kappa shape index (κ3) is 4.01. The van der Waals surface area contributed by atoms with E-state index in [1.54, 1.807) is 0 Å². The Hall–Kier alpha value is -0.540. The molecule has 0 radical (unpaired) electrons. The lowest BCUT2D eigenvalue weighted by Crippen LogP contribution is -2.26. The van der Waals surface area contributed by atoms with Gasteiger partial charge in [0.15, 0.2) is 0 Å². The number of rotatable bonds is 4. The first-order valence-corrected chi connectivity index (χ1v) is 3.90. The van der Waals surface area contributed by atoms with Crippen LogP contribution in [0.15, 0.2) is 11.8 Å². The van der Waals surface area contributed by atoms with Crippen LogP contribution in [0, 0.1) is 5.92 Å². The van der Waals surface area contributed by atoms with E-state index in [2.05, 4.69) is 25.5 Å². The second-order valence-electron chi connectivity index (χ2n) is 2.84. The molecule has 11 heavy (non-hydrogen) atoms. The minimum Gasteiger partial charge on any atom is -0.330 e. The quantitative estimate of drug-likeness (QED) is 0.586. The first-order chi connectivity index (χ1) is 5.11. The van der Waals surface area contributed by atoms with E-state index in [1.807, 2.05) is 19.1 Å². The van der Waals surface area contributed by atoms with Crippen LogP contribution in [0.1, 0.15) is 13.8 Å². The number of nitrogens with zero attached hydrogens (tertiary/aromatic N) is 1. The predicted molar refractivity (Wildman–Crippen MR) is 48.8 cm³/mol. The molecule has 0 aliphatic carbocycles. The van der Waals surface area contributed by atoms with Crippen LogP contribution < -0.4 is 11.2 Å². The molecule has 3 N–H and O–H groups in total. The molecule has 0 unspecified atom stereocenters. The van der Waals surface area contributed by atoms with Crippen LogP contribution in [-0.2, 0) is 0 Å². The fourth-order valence-corrected chi connectivity index (χ4v) is 0.683. The van der Waals surface area contributed by atoms with E-state index in [-0.39, 0.29) is 0 Å². The van der Waals surface area contributed by atoms with Crippen molar-refractivity contribution in [3.05, 3.63) is 11.8 Å². The highest BCUT2D eigenvalue weighted by Gasteiger charge is 2.00. The molecule has 0 aliphatic heterocycles. The Balaban J connectivity index is 3.98. The summed E-state index contributed by atoms with van der Waals surface area (Å²) < 4.78 is 0. The third-order valence-electron chi connectivity index (χ3n) is 1.88. The highest BCUT2D eigenvalue weighted by atomic mass is 15.5. The molecule has 0 aliphatic rings. The van der Waals surface area contributed by atoms with Gasteiger partial charge in [0.1, 0.15) is 0 Å². The van der Waals surface area contributed by atoms with Crippen LogP contribution in [0.3, 0.4) is 0 Å². The van der Waals surface area contributed by atoms with Crippen LogP contribution in [0.2, 0.25) is 0 Å². The molecule has 0 saturated carbocycles. The van der Waals surface area contributed by atoms with Crippen molar-refractivity contribution < 1.29 is 0 Å². The largest absolute Gasteiger partial charge is 0.330 e. The highest BCUT2D eigenvalue weighted by Crippen LogP contribution is 2.06. The fraction of sp³-hybridized carbons (Fsp3) is 0.750. The van der Waals surface area contributed by atoms with Gasteiger partial charge >= 0.3 is 0 Å². The van der Waals surface area contributed by atoms with Gasteiger partial charge in [-0.1, -0.05) is 12.5 Å². The molecule has 0 rings (SSSR count). The smallest absolute Gasteiger partial charge is 0.0225 e. The molecule has 0 aromatic carbocycles. The molecule has 0 bridgehead atoms. The van der Waals surface area contributed by atoms with E-state index in [9.17, 15) is 0 Å². The van der Waals surface area contributed by atoms with E-state index in [0.29, 0.717) is 12.5 Å². The van der Waals surface area contributed by atoms with Gasteiger partial charge in [-0.15, -0.1) is 0 Å². The summed E-state index contributed by atoms with van der Waals surface area (Å²) in [6, 6.07) is 0. The minimum absolute atomic E-state index is 0.464. The Bertz CT molecular complexity index is 131. The monoisotopic (exact) mass is 157 g/mol. The van der Waals surface area contributed by atoms with Gasteiger partial charge in [0.05, 0.1) is 0 Å². The SMILES string of the molecule is CNN(C)/C=C(\C)[C@H](C)CN. The van der Waals surface area contributed by atoms with Crippen molar-refractivity contribution in [3.63, 3.8) is 0 Å². The molecule has 0 aromatic rings. The predicted octanol–water partition coefficient (Wildman–Crippen LogP) is 0.551. The second-order valence-corrected chi connectivity index (χ2v) is 2.84. The van der Waals surface area contributed by atoms with Gasteiger partial charge in [0.2, 0.25) is 0 Å². The summed E-state index contributed by atoms with van der Waals surface area (Å²) in [4.78, 5) is 0. The lowest BCUT2D eigenvalue weighted by atomic mass is 10.0. The topological polar surface area (TPSA) is 41.3 Å². The maximum absolute atomic E-state index is 5.51. The van der Waals surface area contributed by atoms with Gasteiger partial charge in [0, 0.05) is 20.3 Å². The van der Waals surface area contributed by atoms with Crippen molar-refractivity contribution in [1.29, 1.82) is 0 Å². The normalized spacial score (nSPS) is 14.8. The average molecular weight is 157 g/mol. The van der Waals surface area contributed by atoms with Gasteiger partial charge in [0.25, 0.3) is 0 Å². The van der Waals surface area contributed by atoms with Crippen molar-refractivity contribution in [2.75, 3.05) is 20.6 Å². The number of hydrogen-bond donors (Lipinski definition) is 2. The van der Waals surface area contributed by atoms with Gasteiger partial charge in [-0.25, -0.2) is 5.43 Å². The highest BCUT2D eigenvalue weighted by molar-refractivity contribution is 5.00. The zero-order chi connectivity index (χ0) is 8.85. The van der Waals surface area contributed by atoms with Crippen molar-refractivity contribution in [2.45, 2.75) is 13.8 Å². The number of nitrogens with one attached hydrogen (secondary N) is 1. The summed E-state index contributed by atoms with van der Waals surface area (Å²) in [7, 11) is 3.85. The van der Waals surface area contributed by atoms with Gasteiger partial charge in [-0.2, -0.15) is 0 Å². The first kappa shape index (κ1) is 10.5. The molecule has 0 heterocycles. The molecular formula is C8H19N3. The molecular weight excluding hydrogens is 138 g/mol. The van der Waals surface area contributed by atoms with E-state index < -0.39 is 0 Å².